The van der Waals surface area contributed by atoms with E-state index in [1.807, 2.05) is 18.4 Å². The van der Waals surface area contributed by atoms with Crippen molar-refractivity contribution >= 4 is 34.8 Å². The van der Waals surface area contributed by atoms with E-state index < -0.39 is 4.92 Å². The zero-order valence-corrected chi connectivity index (χ0v) is 16.5. The smallest absolute Gasteiger partial charge is 0.269 e. The number of aromatic nitrogens is 3. The van der Waals surface area contributed by atoms with Crippen LogP contribution in [0, 0.1) is 17.0 Å². The molecule has 4 aromatic rings. The van der Waals surface area contributed by atoms with E-state index in [1.54, 1.807) is 41.3 Å². The summed E-state index contributed by atoms with van der Waals surface area (Å²) in [4.78, 5) is 27.1. The van der Waals surface area contributed by atoms with E-state index in [2.05, 4.69) is 15.4 Å². The molecule has 0 spiro atoms. The summed E-state index contributed by atoms with van der Waals surface area (Å²) >= 11 is 1.37. The lowest BCUT2D eigenvalue weighted by Crippen LogP contribution is -2.12. The molecule has 0 saturated carbocycles. The van der Waals surface area contributed by atoms with Crippen LogP contribution in [0.3, 0.4) is 0 Å². The number of nitrogens with one attached hydrogen (secondary N) is 1. The Bertz CT molecular complexity index is 1220. The maximum Gasteiger partial charge on any atom is 0.269 e. The van der Waals surface area contributed by atoms with Crippen molar-refractivity contribution < 1.29 is 14.1 Å². The summed E-state index contributed by atoms with van der Waals surface area (Å²) in [5.74, 6) is 0.765. The van der Waals surface area contributed by atoms with Gasteiger partial charge in [-0.2, -0.15) is 9.78 Å². The fourth-order valence-corrected chi connectivity index (χ4v) is 3.46. The number of carbonyl (C=O) groups excluding carboxylic acids is 1. The minimum Gasteiger partial charge on any atom is -0.463 e. The summed E-state index contributed by atoms with van der Waals surface area (Å²) in [6.45, 7) is 1.82. The first-order valence-corrected chi connectivity index (χ1v) is 9.67. The Labute approximate surface area is 174 Å². The van der Waals surface area contributed by atoms with Crippen LogP contribution < -0.4 is 5.32 Å². The molecule has 1 N–H and O–H groups in total. The normalized spacial score (nSPS) is 11.1. The summed E-state index contributed by atoms with van der Waals surface area (Å²) in [5, 5.41) is 20.3. The van der Waals surface area contributed by atoms with E-state index in [0.717, 1.165) is 5.69 Å². The highest BCUT2D eigenvalue weighted by molar-refractivity contribution is 7.12. The summed E-state index contributed by atoms with van der Waals surface area (Å²) < 4.78 is 6.92. The highest BCUT2D eigenvalue weighted by Gasteiger charge is 2.14. The van der Waals surface area contributed by atoms with Gasteiger partial charge in [0.15, 0.2) is 5.76 Å². The number of thiazole rings is 1. The van der Waals surface area contributed by atoms with Gasteiger partial charge in [-0.1, -0.05) is 0 Å². The predicted molar refractivity (Wildman–Crippen MR) is 112 cm³/mol. The van der Waals surface area contributed by atoms with Crippen molar-refractivity contribution in [1.82, 2.24) is 14.8 Å². The molecule has 0 aliphatic heterocycles. The van der Waals surface area contributed by atoms with Gasteiger partial charge in [0.1, 0.15) is 11.5 Å². The highest BCUT2D eigenvalue weighted by atomic mass is 32.1. The summed E-state index contributed by atoms with van der Waals surface area (Å²) in [7, 11) is 0. The molecule has 0 bridgehead atoms. The minimum absolute atomic E-state index is 0.00616. The Morgan fingerprint density at radius 1 is 1.30 bits per heavy atom. The Morgan fingerprint density at radius 3 is 2.80 bits per heavy atom. The average Bonchev–Trinajstić information content (AvgIpc) is 3.47. The SMILES string of the molecule is Cc1cc(NC(=O)/C=C/c2ccc([N+](=O)[O-])cc2)n(-c2nc(-c3ccco3)cs2)n1. The number of hydrogen-bond acceptors (Lipinski definition) is 7. The largest absolute Gasteiger partial charge is 0.463 e. The number of nitro groups is 1. The van der Waals surface area contributed by atoms with Crippen molar-refractivity contribution in [3.05, 3.63) is 81.6 Å². The van der Waals surface area contributed by atoms with E-state index in [-0.39, 0.29) is 11.6 Å². The van der Waals surface area contributed by atoms with Crippen LogP contribution in [0.15, 0.2) is 64.6 Å². The van der Waals surface area contributed by atoms with Crippen LogP contribution in [0.2, 0.25) is 0 Å². The van der Waals surface area contributed by atoms with Crippen LogP contribution in [0.25, 0.3) is 22.7 Å². The molecule has 4 rings (SSSR count). The van der Waals surface area contributed by atoms with Gasteiger partial charge >= 0.3 is 0 Å². The van der Waals surface area contributed by atoms with Crippen LogP contribution >= 0.6 is 11.3 Å². The van der Waals surface area contributed by atoms with Crippen molar-refractivity contribution in [3.8, 4) is 16.6 Å². The highest BCUT2D eigenvalue weighted by Crippen LogP contribution is 2.26. The molecule has 0 aliphatic carbocycles. The van der Waals surface area contributed by atoms with Gasteiger partial charge < -0.3 is 9.73 Å². The number of anilines is 1. The zero-order valence-electron chi connectivity index (χ0n) is 15.7. The van der Waals surface area contributed by atoms with Gasteiger partial charge in [0.05, 0.1) is 16.9 Å². The second-order valence-corrected chi connectivity index (χ2v) is 7.08. The van der Waals surface area contributed by atoms with Crippen LogP contribution in [0.5, 0.6) is 0 Å². The second kappa shape index (κ2) is 8.13. The van der Waals surface area contributed by atoms with Gasteiger partial charge in [-0.3, -0.25) is 14.9 Å². The summed E-state index contributed by atoms with van der Waals surface area (Å²) in [6, 6.07) is 11.3. The first-order valence-electron chi connectivity index (χ1n) is 8.79. The van der Waals surface area contributed by atoms with Crippen molar-refractivity contribution in [2.24, 2.45) is 0 Å². The molecule has 0 aliphatic rings. The lowest BCUT2D eigenvalue weighted by atomic mass is 10.2. The Hall–Kier alpha value is -4.05. The molecule has 3 aromatic heterocycles. The first kappa shape index (κ1) is 19.3. The van der Waals surface area contributed by atoms with E-state index >= 15 is 0 Å². The molecule has 9 nitrogen and oxygen atoms in total. The third-order valence-electron chi connectivity index (χ3n) is 4.06. The molecule has 0 fully saturated rings. The number of aryl methyl sites for hydroxylation is 1. The van der Waals surface area contributed by atoms with Crippen LogP contribution in [-0.2, 0) is 4.79 Å². The molecule has 0 unspecified atom stereocenters. The van der Waals surface area contributed by atoms with Gasteiger partial charge in [0.2, 0.25) is 11.0 Å². The quantitative estimate of drug-likeness (QED) is 0.279. The van der Waals surface area contributed by atoms with Gasteiger partial charge in [0.25, 0.3) is 5.69 Å². The fraction of sp³-hybridized carbons (Fsp3) is 0.0500. The van der Waals surface area contributed by atoms with Gasteiger partial charge in [0, 0.05) is 29.7 Å². The number of amides is 1. The molecular weight excluding hydrogens is 406 g/mol. The van der Waals surface area contributed by atoms with E-state index in [9.17, 15) is 14.9 Å². The number of rotatable bonds is 6. The van der Waals surface area contributed by atoms with Crippen molar-refractivity contribution in [2.45, 2.75) is 6.92 Å². The Morgan fingerprint density at radius 2 is 2.10 bits per heavy atom. The van der Waals surface area contributed by atoms with Gasteiger partial charge in [-0.25, -0.2) is 4.98 Å². The van der Waals surface area contributed by atoms with E-state index in [1.165, 1.54) is 29.5 Å². The molecule has 0 radical (unpaired) electrons. The van der Waals surface area contributed by atoms with Crippen LogP contribution in [0.1, 0.15) is 11.3 Å². The number of nitrogens with zero attached hydrogens (tertiary/aromatic N) is 4. The lowest BCUT2D eigenvalue weighted by Gasteiger charge is -2.04. The summed E-state index contributed by atoms with van der Waals surface area (Å²) in [6.07, 6.45) is 4.50. The predicted octanol–water partition coefficient (Wildman–Crippen LogP) is 4.46. The lowest BCUT2D eigenvalue weighted by molar-refractivity contribution is -0.384. The number of carbonyl (C=O) groups is 1. The topological polar surface area (TPSA) is 116 Å². The fourth-order valence-electron chi connectivity index (χ4n) is 2.68. The first-order chi connectivity index (χ1) is 14.5. The number of non-ortho nitro benzene ring substituents is 1. The van der Waals surface area contributed by atoms with E-state index in [4.69, 9.17) is 4.42 Å². The molecule has 0 atom stereocenters. The zero-order chi connectivity index (χ0) is 21.1. The molecule has 30 heavy (non-hydrogen) atoms. The van der Waals surface area contributed by atoms with Crippen molar-refractivity contribution in [2.75, 3.05) is 5.32 Å². The number of benzene rings is 1. The van der Waals surface area contributed by atoms with E-state index in [0.29, 0.717) is 28.0 Å². The number of furan rings is 1. The molecule has 150 valence electrons. The maximum atomic E-state index is 12.4. The van der Waals surface area contributed by atoms with Gasteiger partial charge in [-0.15, -0.1) is 11.3 Å². The maximum absolute atomic E-state index is 12.4. The molecule has 1 aromatic carbocycles. The third-order valence-corrected chi connectivity index (χ3v) is 4.88. The number of hydrogen-bond donors (Lipinski definition) is 1. The standard InChI is InChI=1S/C20H15N5O4S/c1-13-11-18(22-19(26)9-6-14-4-7-15(8-5-14)25(27)28)24(23-13)20-21-16(12-30-20)17-3-2-10-29-17/h2-12H,1H3,(H,22,26)/b9-6+. The molecular formula is C20H15N5O4S. The Balaban J connectivity index is 1.50. The summed E-state index contributed by atoms with van der Waals surface area (Å²) in [5.41, 5.74) is 2.07. The Kier molecular flexibility index (Phi) is 5.22. The minimum atomic E-state index is -0.473. The van der Waals surface area contributed by atoms with Crippen LogP contribution in [0.4, 0.5) is 11.5 Å². The number of nitro benzene ring substituents is 1. The van der Waals surface area contributed by atoms with Crippen molar-refractivity contribution in [1.29, 1.82) is 0 Å². The van der Waals surface area contributed by atoms with Crippen molar-refractivity contribution in [3.63, 3.8) is 0 Å². The molecule has 10 heteroatoms. The average molecular weight is 421 g/mol. The van der Waals surface area contributed by atoms with Gasteiger partial charge in [-0.05, 0) is 42.8 Å². The third kappa shape index (κ3) is 4.18. The monoisotopic (exact) mass is 421 g/mol. The molecule has 3 heterocycles. The molecule has 1 amide bonds. The second-order valence-electron chi connectivity index (χ2n) is 6.25. The molecule has 0 saturated heterocycles. The van der Waals surface area contributed by atoms with Crippen LogP contribution in [-0.4, -0.2) is 25.6 Å².